The molecule has 2 aromatic rings. The monoisotopic (exact) mass is 259 g/mol. The summed E-state index contributed by atoms with van der Waals surface area (Å²) < 4.78 is 5.04. The molecule has 0 radical (unpaired) electrons. The molecule has 0 unspecified atom stereocenters. The number of ether oxygens (including phenoxy) is 1. The molecule has 0 aliphatic heterocycles. The van der Waals surface area contributed by atoms with E-state index < -0.39 is 5.91 Å². The molecule has 0 fully saturated rings. The van der Waals surface area contributed by atoms with Crippen molar-refractivity contribution in [1.29, 1.82) is 0 Å². The lowest BCUT2D eigenvalue weighted by atomic mass is 9.96. The number of primary amides is 1. The molecule has 100 valence electrons. The molecule has 0 aromatic heterocycles. The fraction of sp³-hybridized carbons (Fsp3) is 0.267. The minimum atomic E-state index is -0.615. The number of carbonyl (C=O) groups is 1. The van der Waals surface area contributed by atoms with E-state index in [1.54, 1.807) is 19.2 Å². The average Bonchev–Trinajstić information content (AvgIpc) is 2.41. The molecular weight excluding hydrogens is 242 g/mol. The molecule has 0 spiro atoms. The van der Waals surface area contributed by atoms with Crippen LogP contribution in [0.15, 0.2) is 30.3 Å². The number of phenols is 1. The van der Waals surface area contributed by atoms with Crippen molar-refractivity contribution >= 4 is 16.7 Å². The minimum Gasteiger partial charge on any atom is -0.506 e. The van der Waals surface area contributed by atoms with Crippen molar-refractivity contribution in [3.8, 4) is 5.75 Å². The Morgan fingerprint density at radius 3 is 2.63 bits per heavy atom. The molecule has 19 heavy (non-hydrogen) atoms. The molecule has 0 saturated carbocycles. The highest BCUT2D eigenvalue weighted by Crippen LogP contribution is 2.32. The third-order valence-electron chi connectivity index (χ3n) is 3.16. The number of fused-ring (bicyclic) bond motifs is 1. The normalized spacial score (nSPS) is 10.8. The van der Waals surface area contributed by atoms with Gasteiger partial charge in [-0.2, -0.15) is 0 Å². The Bertz CT molecular complexity index is 608. The van der Waals surface area contributed by atoms with E-state index in [-0.39, 0.29) is 11.3 Å². The molecule has 1 amide bonds. The number of nitrogens with two attached hydrogens (primary N) is 1. The number of hydrogen-bond donors (Lipinski definition) is 2. The van der Waals surface area contributed by atoms with Crippen molar-refractivity contribution in [2.45, 2.75) is 12.8 Å². The summed E-state index contributed by atoms with van der Waals surface area (Å²) in [6, 6.07) is 9.13. The van der Waals surface area contributed by atoms with Gasteiger partial charge in [0, 0.05) is 19.1 Å². The number of benzene rings is 2. The highest BCUT2D eigenvalue weighted by molar-refractivity contribution is 6.04. The van der Waals surface area contributed by atoms with Crippen molar-refractivity contribution in [1.82, 2.24) is 0 Å². The van der Waals surface area contributed by atoms with E-state index in [1.165, 1.54) is 0 Å². The van der Waals surface area contributed by atoms with Crippen LogP contribution in [0.25, 0.3) is 10.8 Å². The first-order valence-electron chi connectivity index (χ1n) is 6.17. The Hall–Kier alpha value is -2.07. The van der Waals surface area contributed by atoms with Crippen LogP contribution < -0.4 is 5.73 Å². The molecule has 2 aromatic carbocycles. The van der Waals surface area contributed by atoms with Crippen LogP contribution in [0, 0.1) is 0 Å². The Morgan fingerprint density at radius 2 is 2.00 bits per heavy atom. The highest BCUT2D eigenvalue weighted by atomic mass is 16.5. The van der Waals surface area contributed by atoms with Gasteiger partial charge < -0.3 is 15.6 Å². The predicted octanol–water partition coefficient (Wildman–Crippen LogP) is 2.22. The summed E-state index contributed by atoms with van der Waals surface area (Å²) in [4.78, 5) is 11.4. The first-order valence-corrected chi connectivity index (χ1v) is 6.17. The van der Waals surface area contributed by atoms with Gasteiger partial charge in [0.2, 0.25) is 0 Å². The lowest BCUT2D eigenvalue weighted by Crippen LogP contribution is -2.12. The van der Waals surface area contributed by atoms with E-state index in [2.05, 4.69) is 0 Å². The lowest BCUT2D eigenvalue weighted by Gasteiger charge is -2.11. The van der Waals surface area contributed by atoms with Crippen LogP contribution in [0.1, 0.15) is 22.3 Å². The molecule has 2 rings (SSSR count). The van der Waals surface area contributed by atoms with E-state index in [1.807, 2.05) is 18.2 Å². The van der Waals surface area contributed by atoms with Gasteiger partial charge in [-0.15, -0.1) is 0 Å². The highest BCUT2D eigenvalue weighted by Gasteiger charge is 2.14. The summed E-state index contributed by atoms with van der Waals surface area (Å²) in [5.41, 5.74) is 6.48. The number of methoxy groups -OCH3 is 1. The van der Waals surface area contributed by atoms with Gasteiger partial charge in [0.25, 0.3) is 5.91 Å². The summed E-state index contributed by atoms with van der Waals surface area (Å²) >= 11 is 0. The van der Waals surface area contributed by atoms with Gasteiger partial charge in [-0.05, 0) is 29.9 Å². The zero-order valence-electron chi connectivity index (χ0n) is 10.8. The second kappa shape index (κ2) is 5.71. The van der Waals surface area contributed by atoms with Crippen molar-refractivity contribution in [2.75, 3.05) is 13.7 Å². The van der Waals surface area contributed by atoms with Crippen LogP contribution in [-0.4, -0.2) is 24.7 Å². The first-order chi connectivity index (χ1) is 9.15. The largest absolute Gasteiger partial charge is 0.506 e. The van der Waals surface area contributed by atoms with Gasteiger partial charge in [0.1, 0.15) is 5.75 Å². The van der Waals surface area contributed by atoms with Crippen molar-refractivity contribution in [3.63, 3.8) is 0 Å². The van der Waals surface area contributed by atoms with E-state index >= 15 is 0 Å². The number of aromatic hydroxyl groups is 1. The zero-order valence-corrected chi connectivity index (χ0v) is 10.8. The van der Waals surface area contributed by atoms with Gasteiger partial charge in [0.15, 0.2) is 0 Å². The Morgan fingerprint density at radius 1 is 1.32 bits per heavy atom. The fourth-order valence-corrected chi connectivity index (χ4v) is 2.24. The molecule has 4 nitrogen and oxygen atoms in total. The predicted molar refractivity (Wildman–Crippen MR) is 74.3 cm³/mol. The third-order valence-corrected chi connectivity index (χ3v) is 3.16. The van der Waals surface area contributed by atoms with Crippen LogP contribution in [0.2, 0.25) is 0 Å². The number of aryl methyl sites for hydroxylation is 1. The van der Waals surface area contributed by atoms with E-state index in [0.717, 1.165) is 23.8 Å². The Balaban J connectivity index is 2.54. The quantitative estimate of drug-likeness (QED) is 0.809. The molecular formula is C15H17NO3. The Kier molecular flexibility index (Phi) is 4.02. The molecule has 0 aliphatic rings. The Labute approximate surface area is 111 Å². The molecule has 4 heteroatoms. The minimum absolute atomic E-state index is 0.0430. The molecule has 0 aliphatic carbocycles. The topological polar surface area (TPSA) is 72.5 Å². The lowest BCUT2D eigenvalue weighted by molar-refractivity contribution is 0.0998. The van der Waals surface area contributed by atoms with Crippen LogP contribution in [-0.2, 0) is 11.2 Å². The van der Waals surface area contributed by atoms with Gasteiger partial charge in [-0.3, -0.25) is 4.79 Å². The van der Waals surface area contributed by atoms with Crippen LogP contribution in [0.4, 0.5) is 0 Å². The van der Waals surface area contributed by atoms with E-state index in [4.69, 9.17) is 10.5 Å². The number of hydrogen-bond acceptors (Lipinski definition) is 3. The summed E-state index contributed by atoms with van der Waals surface area (Å²) in [6.07, 6.45) is 1.62. The zero-order chi connectivity index (χ0) is 13.8. The summed E-state index contributed by atoms with van der Waals surface area (Å²) in [5, 5.41) is 11.7. The van der Waals surface area contributed by atoms with Crippen molar-refractivity contribution in [2.24, 2.45) is 5.73 Å². The van der Waals surface area contributed by atoms with Gasteiger partial charge in [-0.25, -0.2) is 0 Å². The first kappa shape index (κ1) is 13.4. The van der Waals surface area contributed by atoms with Gasteiger partial charge >= 0.3 is 0 Å². The van der Waals surface area contributed by atoms with E-state index in [0.29, 0.717) is 12.0 Å². The van der Waals surface area contributed by atoms with Gasteiger partial charge in [0.05, 0.1) is 5.56 Å². The summed E-state index contributed by atoms with van der Waals surface area (Å²) in [5.74, 6) is -0.658. The number of carbonyl (C=O) groups excluding carboxylic acids is 1. The molecule has 0 atom stereocenters. The van der Waals surface area contributed by atoms with Crippen LogP contribution in [0.5, 0.6) is 5.75 Å². The molecule has 3 N–H and O–H groups in total. The summed E-state index contributed by atoms with van der Waals surface area (Å²) in [6.45, 7) is 0.654. The smallest absolute Gasteiger partial charge is 0.252 e. The van der Waals surface area contributed by atoms with E-state index in [9.17, 15) is 9.90 Å². The van der Waals surface area contributed by atoms with Gasteiger partial charge in [-0.1, -0.05) is 24.3 Å². The average molecular weight is 259 g/mol. The maximum absolute atomic E-state index is 11.4. The second-order valence-corrected chi connectivity index (χ2v) is 4.44. The number of amides is 1. The van der Waals surface area contributed by atoms with Crippen molar-refractivity contribution in [3.05, 3.63) is 41.5 Å². The maximum Gasteiger partial charge on any atom is 0.252 e. The standard InChI is InChI=1S/C15H17NO3/c1-19-8-4-5-10-9-13(15(16)18)14(17)12-7-3-2-6-11(10)12/h2-3,6-7,9,17H,4-5,8H2,1H3,(H2,16,18). The van der Waals surface area contributed by atoms with Crippen molar-refractivity contribution < 1.29 is 14.6 Å². The third kappa shape index (κ3) is 2.69. The summed E-state index contributed by atoms with van der Waals surface area (Å²) in [7, 11) is 1.66. The number of rotatable bonds is 5. The molecule has 0 bridgehead atoms. The SMILES string of the molecule is COCCCc1cc(C(N)=O)c(O)c2ccccc12. The second-order valence-electron chi connectivity index (χ2n) is 4.44. The molecule has 0 heterocycles. The maximum atomic E-state index is 11.4. The molecule has 0 saturated heterocycles. The van der Waals surface area contributed by atoms with Crippen LogP contribution in [0.3, 0.4) is 0 Å². The fourth-order valence-electron chi connectivity index (χ4n) is 2.24. The van der Waals surface area contributed by atoms with Crippen LogP contribution >= 0.6 is 0 Å².